The number of hydrogen-bond acceptors (Lipinski definition) is 4. The van der Waals surface area contributed by atoms with E-state index >= 15 is 0 Å². The Kier molecular flexibility index (Phi) is 6.07. The molecule has 1 rings (SSSR count). The number of carboxylic acid groups (broad SMARTS) is 1. The zero-order valence-corrected chi connectivity index (χ0v) is 10.3. The van der Waals surface area contributed by atoms with Gasteiger partial charge in [-0.2, -0.15) is 0 Å². The lowest BCUT2D eigenvalue weighted by molar-refractivity contribution is -0.131. The van der Waals surface area contributed by atoms with Crippen molar-refractivity contribution in [1.82, 2.24) is 0 Å². The van der Waals surface area contributed by atoms with Gasteiger partial charge in [-0.25, -0.2) is 4.79 Å². The Hall–Kier alpha value is -0.910. The molecule has 0 unspecified atom stereocenters. The Morgan fingerprint density at radius 2 is 2.06 bits per heavy atom. The summed E-state index contributed by atoms with van der Waals surface area (Å²) in [7, 11) is 2.70. The Morgan fingerprint density at radius 1 is 1.38 bits per heavy atom. The summed E-state index contributed by atoms with van der Waals surface area (Å²) < 4.78 is 0. The number of carboxylic acids is 1. The average Bonchev–Trinajstić information content (AvgIpc) is 2.29. The van der Waals surface area contributed by atoms with Crippen LogP contribution in [0.3, 0.4) is 0 Å². The van der Waals surface area contributed by atoms with Crippen molar-refractivity contribution in [3.05, 3.63) is 40.8 Å². The zero-order valence-electron chi connectivity index (χ0n) is 8.63. The molecule has 0 saturated heterocycles. The molecule has 1 aromatic rings. The normalized spacial score (nSPS) is 11.4. The van der Waals surface area contributed by atoms with Gasteiger partial charge in [0.05, 0.1) is 0 Å². The lowest BCUT2D eigenvalue weighted by Crippen LogP contribution is -2.01. The van der Waals surface area contributed by atoms with Gasteiger partial charge in [0.15, 0.2) is 0 Å². The summed E-state index contributed by atoms with van der Waals surface area (Å²) in [5, 5.41) is 9.00. The molecule has 0 saturated carbocycles. The van der Waals surface area contributed by atoms with Gasteiger partial charge in [-0.05, 0) is 11.6 Å². The van der Waals surface area contributed by atoms with Crippen LogP contribution in [0.1, 0.15) is 5.56 Å². The van der Waals surface area contributed by atoms with E-state index in [9.17, 15) is 4.79 Å². The SMILES string of the molecule is NCCSS/C(=C\c1ccccc1)C(=O)O. The van der Waals surface area contributed by atoms with E-state index in [0.29, 0.717) is 11.4 Å². The van der Waals surface area contributed by atoms with Crippen LogP contribution in [0.4, 0.5) is 0 Å². The summed E-state index contributed by atoms with van der Waals surface area (Å²) in [4.78, 5) is 11.3. The maximum absolute atomic E-state index is 11.0. The second kappa shape index (κ2) is 7.38. The van der Waals surface area contributed by atoms with Crippen molar-refractivity contribution >= 4 is 33.6 Å². The molecule has 0 amide bonds. The van der Waals surface area contributed by atoms with Crippen LogP contribution in [-0.4, -0.2) is 23.4 Å². The molecule has 1 aromatic carbocycles. The van der Waals surface area contributed by atoms with E-state index in [4.69, 9.17) is 10.8 Å². The predicted octanol–water partition coefficient (Wildman–Crippen LogP) is 2.45. The average molecular weight is 255 g/mol. The van der Waals surface area contributed by atoms with Crippen molar-refractivity contribution in [3.8, 4) is 0 Å². The van der Waals surface area contributed by atoms with Crippen molar-refractivity contribution in [2.45, 2.75) is 0 Å². The highest BCUT2D eigenvalue weighted by Gasteiger charge is 2.08. The fourth-order valence-corrected chi connectivity index (χ4v) is 2.82. The molecule has 0 heterocycles. The lowest BCUT2D eigenvalue weighted by atomic mass is 10.2. The number of rotatable bonds is 6. The molecule has 0 aliphatic heterocycles. The number of hydrogen-bond donors (Lipinski definition) is 2. The summed E-state index contributed by atoms with van der Waals surface area (Å²) >= 11 is 0. The van der Waals surface area contributed by atoms with Crippen LogP contribution in [0, 0.1) is 0 Å². The van der Waals surface area contributed by atoms with Gasteiger partial charge in [0.2, 0.25) is 0 Å². The molecule has 5 heteroatoms. The molecular formula is C11H13NO2S2. The van der Waals surface area contributed by atoms with E-state index in [1.54, 1.807) is 6.08 Å². The molecule has 3 N–H and O–H groups in total. The number of benzene rings is 1. The van der Waals surface area contributed by atoms with Gasteiger partial charge in [0.25, 0.3) is 0 Å². The molecule has 0 aliphatic rings. The number of nitrogens with two attached hydrogens (primary N) is 1. The van der Waals surface area contributed by atoms with Gasteiger partial charge in [-0.3, -0.25) is 0 Å². The smallest absolute Gasteiger partial charge is 0.343 e. The van der Waals surface area contributed by atoms with Crippen LogP contribution in [-0.2, 0) is 4.79 Å². The number of carbonyl (C=O) groups is 1. The second-order valence-electron chi connectivity index (χ2n) is 2.92. The maximum Gasteiger partial charge on any atom is 0.343 e. The molecule has 0 aliphatic carbocycles. The minimum Gasteiger partial charge on any atom is -0.477 e. The standard InChI is InChI=1S/C11H13NO2S2/c12-6-7-15-16-10(11(13)14)8-9-4-2-1-3-5-9/h1-5,8H,6-7,12H2,(H,13,14)/b10-8-. The molecule has 0 fully saturated rings. The van der Waals surface area contributed by atoms with Crippen LogP contribution < -0.4 is 5.73 Å². The third-order valence-corrected chi connectivity index (χ3v) is 4.04. The van der Waals surface area contributed by atoms with Gasteiger partial charge in [0.1, 0.15) is 4.91 Å². The van der Waals surface area contributed by atoms with E-state index < -0.39 is 5.97 Å². The highest BCUT2D eigenvalue weighted by Crippen LogP contribution is 2.31. The minimum atomic E-state index is -0.904. The first-order valence-electron chi connectivity index (χ1n) is 4.73. The van der Waals surface area contributed by atoms with E-state index in [2.05, 4.69) is 0 Å². The van der Waals surface area contributed by atoms with Crippen LogP contribution in [0.15, 0.2) is 35.2 Å². The highest BCUT2D eigenvalue weighted by atomic mass is 33.1. The van der Waals surface area contributed by atoms with E-state index in [-0.39, 0.29) is 0 Å². The molecule has 0 spiro atoms. The molecule has 0 radical (unpaired) electrons. The quantitative estimate of drug-likeness (QED) is 0.464. The Morgan fingerprint density at radius 3 is 2.62 bits per heavy atom. The van der Waals surface area contributed by atoms with Crippen LogP contribution in [0.2, 0.25) is 0 Å². The highest BCUT2D eigenvalue weighted by molar-refractivity contribution is 8.78. The third kappa shape index (κ3) is 4.74. The van der Waals surface area contributed by atoms with Crippen molar-refractivity contribution < 1.29 is 9.90 Å². The van der Waals surface area contributed by atoms with Crippen LogP contribution in [0.25, 0.3) is 6.08 Å². The largest absolute Gasteiger partial charge is 0.477 e. The molecule has 16 heavy (non-hydrogen) atoms. The first-order valence-corrected chi connectivity index (χ1v) is 7.05. The van der Waals surface area contributed by atoms with Crippen LogP contribution in [0.5, 0.6) is 0 Å². The van der Waals surface area contributed by atoms with Gasteiger partial charge < -0.3 is 10.8 Å². The molecule has 3 nitrogen and oxygen atoms in total. The monoisotopic (exact) mass is 255 g/mol. The summed E-state index contributed by atoms with van der Waals surface area (Å²) in [6.07, 6.45) is 1.66. The minimum absolute atomic E-state index is 0.324. The molecule has 0 bridgehead atoms. The van der Waals surface area contributed by atoms with Crippen molar-refractivity contribution in [3.63, 3.8) is 0 Å². The zero-order chi connectivity index (χ0) is 11.8. The fraction of sp³-hybridized carbons (Fsp3) is 0.182. The van der Waals surface area contributed by atoms with Gasteiger partial charge in [-0.15, -0.1) is 0 Å². The summed E-state index contributed by atoms with van der Waals surface area (Å²) in [6, 6.07) is 9.40. The first-order chi connectivity index (χ1) is 7.74. The molecule has 86 valence electrons. The summed E-state index contributed by atoms with van der Waals surface area (Å²) in [5.74, 6) is -0.164. The Labute approximate surface area is 103 Å². The predicted molar refractivity (Wildman–Crippen MR) is 71.2 cm³/mol. The third-order valence-electron chi connectivity index (χ3n) is 1.66. The van der Waals surface area contributed by atoms with Crippen molar-refractivity contribution in [2.75, 3.05) is 12.3 Å². The van der Waals surface area contributed by atoms with E-state index in [1.165, 1.54) is 21.6 Å². The fourth-order valence-electron chi connectivity index (χ4n) is 0.975. The van der Waals surface area contributed by atoms with E-state index in [1.807, 2.05) is 30.3 Å². The Bertz CT molecular complexity index is 366. The van der Waals surface area contributed by atoms with Gasteiger partial charge in [0, 0.05) is 12.3 Å². The Balaban J connectivity index is 2.70. The molecule has 0 aromatic heterocycles. The first kappa shape index (κ1) is 13.2. The second-order valence-corrected chi connectivity index (χ2v) is 5.38. The molecule has 0 atom stereocenters. The summed E-state index contributed by atoms with van der Waals surface area (Å²) in [6.45, 7) is 0.551. The summed E-state index contributed by atoms with van der Waals surface area (Å²) in [5.41, 5.74) is 6.23. The maximum atomic E-state index is 11.0. The number of aliphatic carboxylic acids is 1. The van der Waals surface area contributed by atoms with Crippen molar-refractivity contribution in [1.29, 1.82) is 0 Å². The van der Waals surface area contributed by atoms with Crippen LogP contribution >= 0.6 is 21.6 Å². The van der Waals surface area contributed by atoms with Crippen molar-refractivity contribution in [2.24, 2.45) is 5.73 Å². The topological polar surface area (TPSA) is 63.3 Å². The van der Waals surface area contributed by atoms with E-state index in [0.717, 1.165) is 11.3 Å². The van der Waals surface area contributed by atoms with Gasteiger partial charge in [-0.1, -0.05) is 51.9 Å². The van der Waals surface area contributed by atoms with Gasteiger partial charge >= 0.3 is 5.97 Å². The molecular weight excluding hydrogens is 242 g/mol. The lowest BCUT2D eigenvalue weighted by Gasteiger charge is -2.01.